The zero-order chi connectivity index (χ0) is 16.4. The van der Waals surface area contributed by atoms with Crippen LogP contribution in [0.15, 0.2) is 24.3 Å². The molecule has 2 heterocycles. The van der Waals surface area contributed by atoms with Gasteiger partial charge >= 0.3 is 0 Å². The maximum absolute atomic E-state index is 11.9. The van der Waals surface area contributed by atoms with E-state index in [1.165, 1.54) is 0 Å². The summed E-state index contributed by atoms with van der Waals surface area (Å²) in [5.74, 6) is 0.744. The third kappa shape index (κ3) is 3.60. The molecule has 23 heavy (non-hydrogen) atoms. The number of hydrogen-bond acceptors (Lipinski definition) is 6. The van der Waals surface area contributed by atoms with Crippen LogP contribution < -0.4 is 26.6 Å². The Hall–Kier alpha value is -1.77. The smallest absolute Gasteiger partial charge is 0.255 e. The normalized spacial score (nSPS) is 30.2. The van der Waals surface area contributed by atoms with E-state index >= 15 is 0 Å². The minimum atomic E-state index is -0.507. The Labute approximate surface area is 138 Å². The molecule has 124 valence electrons. The number of fused-ring (bicyclic) bond motifs is 1. The van der Waals surface area contributed by atoms with Gasteiger partial charge in [-0.25, -0.2) is 5.43 Å². The molecule has 0 aliphatic carbocycles. The van der Waals surface area contributed by atoms with Crippen LogP contribution in [0, 0.1) is 5.92 Å². The zero-order valence-corrected chi connectivity index (χ0v) is 13.6. The van der Waals surface area contributed by atoms with Crippen molar-refractivity contribution in [1.29, 1.82) is 0 Å². The standard InChI is InChI=1S/C15H20N4O3S/c1-8-13-14(23-7-12(21)17-15(13)19-18-8)9-3-2-4-10(5-9)22-6-11(16)20/h2-5,8,13-15,18-19H,6-7H2,1H3,(H2,16,20)(H,17,21). The molecule has 5 N–H and O–H groups in total. The monoisotopic (exact) mass is 336 g/mol. The molecule has 0 aromatic heterocycles. The molecule has 1 aromatic carbocycles. The number of nitrogens with two attached hydrogens (primary N) is 1. The fourth-order valence-corrected chi connectivity index (χ4v) is 4.39. The van der Waals surface area contributed by atoms with E-state index in [-0.39, 0.29) is 35.9 Å². The molecule has 1 aromatic rings. The van der Waals surface area contributed by atoms with Crippen LogP contribution in [0.4, 0.5) is 0 Å². The maximum atomic E-state index is 11.9. The average molecular weight is 336 g/mol. The summed E-state index contributed by atoms with van der Waals surface area (Å²) >= 11 is 1.62. The van der Waals surface area contributed by atoms with Crippen LogP contribution in [0.25, 0.3) is 0 Å². The summed E-state index contributed by atoms with van der Waals surface area (Å²) in [4.78, 5) is 22.7. The molecule has 4 unspecified atom stereocenters. The third-order valence-corrected chi connectivity index (χ3v) is 5.43. The Morgan fingerprint density at radius 2 is 2.26 bits per heavy atom. The number of primary amides is 1. The lowest BCUT2D eigenvalue weighted by atomic mass is 9.91. The molecule has 0 saturated carbocycles. The molecular weight excluding hydrogens is 316 g/mol. The Balaban J connectivity index is 1.84. The van der Waals surface area contributed by atoms with E-state index in [2.05, 4.69) is 23.1 Å². The number of ether oxygens (including phenoxy) is 1. The fraction of sp³-hybridized carbons (Fsp3) is 0.467. The molecule has 2 saturated heterocycles. The van der Waals surface area contributed by atoms with E-state index in [0.29, 0.717) is 11.5 Å². The van der Waals surface area contributed by atoms with Crippen LogP contribution in [-0.4, -0.2) is 36.4 Å². The first kappa shape index (κ1) is 16.1. The molecule has 3 rings (SSSR count). The fourth-order valence-electron chi connectivity index (χ4n) is 3.02. The second kappa shape index (κ2) is 6.77. The summed E-state index contributed by atoms with van der Waals surface area (Å²) in [6, 6.07) is 7.84. The summed E-state index contributed by atoms with van der Waals surface area (Å²) < 4.78 is 5.39. The number of benzene rings is 1. The number of rotatable bonds is 4. The topological polar surface area (TPSA) is 105 Å². The highest BCUT2D eigenvalue weighted by molar-refractivity contribution is 8.00. The lowest BCUT2D eigenvalue weighted by Crippen LogP contribution is -2.46. The van der Waals surface area contributed by atoms with Gasteiger partial charge in [-0.05, 0) is 24.6 Å². The minimum Gasteiger partial charge on any atom is -0.484 e. The van der Waals surface area contributed by atoms with Gasteiger partial charge in [0.25, 0.3) is 5.91 Å². The second-order valence-corrected chi connectivity index (χ2v) is 6.89. The maximum Gasteiger partial charge on any atom is 0.255 e. The Morgan fingerprint density at radius 3 is 3.04 bits per heavy atom. The van der Waals surface area contributed by atoms with Gasteiger partial charge in [0.1, 0.15) is 5.75 Å². The van der Waals surface area contributed by atoms with Crippen molar-refractivity contribution >= 4 is 23.6 Å². The van der Waals surface area contributed by atoms with Crippen molar-refractivity contribution in [2.24, 2.45) is 11.7 Å². The van der Waals surface area contributed by atoms with Gasteiger partial charge in [0.05, 0.1) is 11.9 Å². The summed E-state index contributed by atoms with van der Waals surface area (Å²) in [5, 5.41) is 3.13. The summed E-state index contributed by atoms with van der Waals surface area (Å²) in [6.07, 6.45) is -0.104. The number of carbonyl (C=O) groups excluding carboxylic acids is 2. The summed E-state index contributed by atoms with van der Waals surface area (Å²) in [7, 11) is 0. The van der Waals surface area contributed by atoms with Crippen LogP contribution in [0.2, 0.25) is 0 Å². The van der Waals surface area contributed by atoms with E-state index in [0.717, 1.165) is 5.56 Å². The molecule has 2 fully saturated rings. The highest BCUT2D eigenvalue weighted by Gasteiger charge is 2.42. The predicted molar refractivity (Wildman–Crippen MR) is 87.5 cm³/mol. The average Bonchev–Trinajstić information content (AvgIpc) is 2.78. The Bertz CT molecular complexity index is 612. The van der Waals surface area contributed by atoms with Crippen molar-refractivity contribution in [3.8, 4) is 5.75 Å². The van der Waals surface area contributed by atoms with Crippen LogP contribution in [-0.2, 0) is 9.59 Å². The molecular formula is C15H20N4O3S. The highest BCUT2D eigenvalue weighted by Crippen LogP contribution is 2.42. The van der Waals surface area contributed by atoms with E-state index < -0.39 is 5.91 Å². The molecule has 8 heteroatoms. The number of carbonyl (C=O) groups is 2. The van der Waals surface area contributed by atoms with Crippen LogP contribution >= 0.6 is 11.8 Å². The number of nitrogens with one attached hydrogen (secondary N) is 3. The first-order chi connectivity index (χ1) is 11.0. The first-order valence-corrected chi connectivity index (χ1v) is 8.52. The molecule has 2 aliphatic heterocycles. The van der Waals surface area contributed by atoms with Gasteiger partial charge in [-0.15, -0.1) is 11.8 Å². The Kier molecular flexibility index (Phi) is 4.74. The lowest BCUT2D eigenvalue weighted by Gasteiger charge is -2.27. The van der Waals surface area contributed by atoms with Crippen molar-refractivity contribution in [3.05, 3.63) is 29.8 Å². The third-order valence-electron chi connectivity index (χ3n) is 4.06. The number of amides is 2. The van der Waals surface area contributed by atoms with Gasteiger partial charge < -0.3 is 15.8 Å². The van der Waals surface area contributed by atoms with Crippen molar-refractivity contribution in [3.63, 3.8) is 0 Å². The van der Waals surface area contributed by atoms with Crippen LogP contribution in [0.5, 0.6) is 5.75 Å². The molecule has 0 bridgehead atoms. The summed E-state index contributed by atoms with van der Waals surface area (Å²) in [6.45, 7) is 1.95. The minimum absolute atomic E-state index is 0.0250. The Morgan fingerprint density at radius 1 is 1.43 bits per heavy atom. The van der Waals surface area contributed by atoms with Crippen molar-refractivity contribution in [1.82, 2.24) is 16.2 Å². The van der Waals surface area contributed by atoms with E-state index in [1.54, 1.807) is 17.8 Å². The SMILES string of the molecule is CC1NNC2NC(=O)CSC(c3cccc(OCC(N)=O)c3)C12. The van der Waals surface area contributed by atoms with Crippen molar-refractivity contribution in [2.45, 2.75) is 24.4 Å². The van der Waals surface area contributed by atoms with Gasteiger partial charge in [0.15, 0.2) is 6.61 Å². The highest BCUT2D eigenvalue weighted by atomic mass is 32.2. The molecule has 2 aliphatic rings. The number of hydrazine groups is 1. The van der Waals surface area contributed by atoms with E-state index in [1.807, 2.05) is 18.2 Å². The lowest BCUT2D eigenvalue weighted by molar-refractivity contribution is -0.120. The quantitative estimate of drug-likeness (QED) is 0.612. The molecule has 7 nitrogen and oxygen atoms in total. The largest absolute Gasteiger partial charge is 0.484 e. The second-order valence-electron chi connectivity index (χ2n) is 5.76. The van der Waals surface area contributed by atoms with Crippen LogP contribution in [0.1, 0.15) is 17.7 Å². The van der Waals surface area contributed by atoms with Crippen molar-refractivity contribution < 1.29 is 14.3 Å². The van der Waals surface area contributed by atoms with Gasteiger partial charge in [0.2, 0.25) is 5.91 Å². The van der Waals surface area contributed by atoms with Gasteiger partial charge in [-0.3, -0.25) is 15.0 Å². The number of hydrogen-bond donors (Lipinski definition) is 4. The van der Waals surface area contributed by atoms with Gasteiger partial charge in [-0.2, -0.15) is 0 Å². The number of thioether (sulfide) groups is 1. The van der Waals surface area contributed by atoms with Crippen molar-refractivity contribution in [2.75, 3.05) is 12.4 Å². The zero-order valence-electron chi connectivity index (χ0n) is 12.7. The molecule has 4 atom stereocenters. The molecule has 0 spiro atoms. The van der Waals surface area contributed by atoms with Gasteiger partial charge in [-0.1, -0.05) is 12.1 Å². The first-order valence-electron chi connectivity index (χ1n) is 7.47. The van der Waals surface area contributed by atoms with E-state index in [9.17, 15) is 9.59 Å². The summed E-state index contributed by atoms with van der Waals surface area (Å²) in [5.41, 5.74) is 12.5. The van der Waals surface area contributed by atoms with E-state index in [4.69, 9.17) is 10.5 Å². The molecule has 0 radical (unpaired) electrons. The van der Waals surface area contributed by atoms with Gasteiger partial charge in [0, 0.05) is 17.2 Å². The molecule has 2 amide bonds. The van der Waals surface area contributed by atoms with Crippen LogP contribution in [0.3, 0.4) is 0 Å². The predicted octanol–water partition coefficient (Wildman–Crippen LogP) is -0.107.